The molecule has 13 nitrogen and oxygen atoms in total. The second-order valence-electron chi connectivity index (χ2n) is 9.71. The molecule has 1 saturated heterocycles. The number of carbonyl (C=O) groups is 1. The third kappa shape index (κ3) is 5.71. The standard InChI is InChI=1S/C24H32N8O5S/c1-15(2)9-11-31-20-21(27-23(31)30-10-5-7-17(25)13-30)29(3)24(35)32(22(20)34)14-19(33)16-6-4-8-18(12-16)28-38(26,36)37/h4,6,8-9,12,17,28H,5,7,10-11,13-14,25H2,1-3H3,(H2,26,36,37). The van der Waals surface area contributed by atoms with E-state index in [0.717, 1.165) is 29.5 Å². The Bertz CT molecular complexity index is 1650. The number of hydrogen-bond acceptors (Lipinski definition) is 8. The summed E-state index contributed by atoms with van der Waals surface area (Å²) in [6, 6.07) is 5.61. The number of nitrogens with zero attached hydrogens (tertiary/aromatic N) is 5. The Balaban J connectivity index is 1.82. The molecule has 1 aliphatic rings. The van der Waals surface area contributed by atoms with Crippen molar-refractivity contribution in [1.29, 1.82) is 0 Å². The summed E-state index contributed by atoms with van der Waals surface area (Å²) in [5.74, 6) is -0.00944. The molecule has 1 atom stereocenters. The van der Waals surface area contributed by atoms with Crippen LogP contribution in [-0.4, -0.2) is 52.0 Å². The van der Waals surface area contributed by atoms with Crippen molar-refractivity contribution < 1.29 is 13.2 Å². The molecule has 0 bridgehead atoms. The lowest BCUT2D eigenvalue weighted by Gasteiger charge is -2.31. The van der Waals surface area contributed by atoms with Crippen LogP contribution in [0.1, 0.15) is 37.0 Å². The number of ketones is 1. The summed E-state index contributed by atoms with van der Waals surface area (Å²) in [6.45, 7) is 4.99. The van der Waals surface area contributed by atoms with Crippen LogP contribution in [0.25, 0.3) is 11.2 Å². The van der Waals surface area contributed by atoms with Gasteiger partial charge in [0.05, 0.1) is 12.2 Å². The van der Waals surface area contributed by atoms with E-state index in [9.17, 15) is 22.8 Å². The minimum Gasteiger partial charge on any atom is -0.341 e. The summed E-state index contributed by atoms with van der Waals surface area (Å²) >= 11 is 0. The Kier molecular flexibility index (Phi) is 7.58. The number of rotatable bonds is 8. The van der Waals surface area contributed by atoms with Crippen molar-refractivity contribution in [2.24, 2.45) is 17.9 Å². The lowest BCUT2D eigenvalue weighted by atomic mass is 10.1. The van der Waals surface area contributed by atoms with Crippen molar-refractivity contribution in [3.8, 4) is 0 Å². The van der Waals surface area contributed by atoms with Crippen molar-refractivity contribution in [3.63, 3.8) is 0 Å². The number of nitrogens with one attached hydrogen (secondary N) is 1. The van der Waals surface area contributed by atoms with Crippen LogP contribution in [0.4, 0.5) is 11.6 Å². The molecule has 0 spiro atoms. The maximum absolute atomic E-state index is 13.7. The average Bonchev–Trinajstić information content (AvgIpc) is 3.23. The minimum absolute atomic E-state index is 0.0296. The van der Waals surface area contributed by atoms with Gasteiger partial charge in [0.15, 0.2) is 16.9 Å². The first-order valence-electron chi connectivity index (χ1n) is 12.1. The van der Waals surface area contributed by atoms with Gasteiger partial charge in [0.2, 0.25) is 5.95 Å². The number of benzene rings is 1. The molecule has 1 unspecified atom stereocenters. The number of aryl methyl sites for hydroxylation is 1. The van der Waals surface area contributed by atoms with Gasteiger partial charge in [-0.05, 0) is 38.8 Å². The van der Waals surface area contributed by atoms with E-state index in [4.69, 9.17) is 10.9 Å². The first-order chi connectivity index (χ1) is 17.9. The topological polar surface area (TPSA) is 180 Å². The molecule has 1 aliphatic heterocycles. The Morgan fingerprint density at radius 3 is 2.63 bits per heavy atom. The van der Waals surface area contributed by atoms with Crippen molar-refractivity contribution in [2.45, 2.75) is 45.8 Å². The zero-order chi connectivity index (χ0) is 27.8. The van der Waals surface area contributed by atoms with Crippen LogP contribution in [0.15, 0.2) is 45.5 Å². The Morgan fingerprint density at radius 1 is 1.24 bits per heavy atom. The quantitative estimate of drug-likeness (QED) is 0.267. The second kappa shape index (κ2) is 10.6. The van der Waals surface area contributed by atoms with E-state index < -0.39 is 33.8 Å². The maximum Gasteiger partial charge on any atom is 0.332 e. The number of carbonyl (C=O) groups excluding carboxylic acids is 1. The molecule has 4 rings (SSSR count). The monoisotopic (exact) mass is 544 g/mol. The fraction of sp³-hybridized carbons (Fsp3) is 0.417. The molecule has 1 aromatic carbocycles. The van der Waals surface area contributed by atoms with Crippen LogP contribution < -0.4 is 31.7 Å². The molecule has 204 valence electrons. The van der Waals surface area contributed by atoms with Crippen molar-refractivity contribution >= 4 is 38.8 Å². The summed E-state index contributed by atoms with van der Waals surface area (Å²) in [5.41, 5.74) is 6.52. The molecule has 38 heavy (non-hydrogen) atoms. The van der Waals surface area contributed by atoms with E-state index in [0.29, 0.717) is 19.0 Å². The molecule has 0 aliphatic carbocycles. The number of nitrogens with two attached hydrogens (primary N) is 2. The average molecular weight is 545 g/mol. The van der Waals surface area contributed by atoms with Gasteiger partial charge in [0, 0.05) is 38.3 Å². The highest BCUT2D eigenvalue weighted by Gasteiger charge is 2.26. The number of fused-ring (bicyclic) bond motifs is 1. The summed E-state index contributed by atoms with van der Waals surface area (Å²) in [5, 5.41) is 5.01. The molecule has 1 fully saturated rings. The summed E-state index contributed by atoms with van der Waals surface area (Å²) in [6.07, 6.45) is 3.73. The SMILES string of the molecule is CC(C)=CCn1c(N2CCCC(N)C2)nc2c1c(=O)n(CC(=O)c1cccc(NS(N)(=O)=O)c1)c(=O)n2C. The van der Waals surface area contributed by atoms with Crippen LogP contribution in [0.2, 0.25) is 0 Å². The third-order valence-corrected chi connectivity index (χ3v) is 6.90. The van der Waals surface area contributed by atoms with Crippen LogP contribution in [0, 0.1) is 0 Å². The van der Waals surface area contributed by atoms with Crippen LogP contribution in [0.3, 0.4) is 0 Å². The predicted octanol–water partition coefficient (Wildman–Crippen LogP) is 0.289. The smallest absolute Gasteiger partial charge is 0.332 e. The Morgan fingerprint density at radius 2 is 1.97 bits per heavy atom. The highest BCUT2D eigenvalue weighted by molar-refractivity contribution is 7.90. The number of anilines is 2. The van der Waals surface area contributed by atoms with Gasteiger partial charge in [-0.1, -0.05) is 23.8 Å². The number of allylic oxidation sites excluding steroid dienone is 2. The van der Waals surface area contributed by atoms with Crippen LogP contribution >= 0.6 is 0 Å². The lowest BCUT2D eigenvalue weighted by molar-refractivity contribution is 0.0969. The van der Waals surface area contributed by atoms with E-state index in [-0.39, 0.29) is 28.5 Å². The van der Waals surface area contributed by atoms with Gasteiger partial charge < -0.3 is 15.2 Å². The zero-order valence-corrected chi connectivity index (χ0v) is 22.4. The van der Waals surface area contributed by atoms with Gasteiger partial charge >= 0.3 is 5.69 Å². The first-order valence-corrected chi connectivity index (χ1v) is 13.7. The van der Waals surface area contributed by atoms with Gasteiger partial charge in [-0.25, -0.2) is 9.93 Å². The van der Waals surface area contributed by atoms with Gasteiger partial charge in [-0.3, -0.25) is 23.4 Å². The van der Waals surface area contributed by atoms with Crippen LogP contribution in [-0.2, 0) is 30.3 Å². The van der Waals surface area contributed by atoms with E-state index in [1.807, 2.05) is 24.8 Å². The van der Waals surface area contributed by atoms with Crippen molar-refractivity contribution in [3.05, 3.63) is 62.3 Å². The lowest BCUT2D eigenvalue weighted by Crippen LogP contribution is -2.44. The van der Waals surface area contributed by atoms with Gasteiger partial charge in [-0.15, -0.1) is 0 Å². The molecule has 0 radical (unpaired) electrons. The molecule has 0 saturated carbocycles. The molecule has 3 heterocycles. The van der Waals surface area contributed by atoms with Gasteiger partial charge in [0.1, 0.15) is 0 Å². The number of aromatic nitrogens is 4. The summed E-state index contributed by atoms with van der Waals surface area (Å²) in [7, 11) is -2.54. The van der Waals surface area contributed by atoms with E-state index in [1.165, 1.54) is 35.9 Å². The van der Waals surface area contributed by atoms with E-state index in [2.05, 4.69) is 9.71 Å². The van der Waals surface area contributed by atoms with E-state index in [1.54, 1.807) is 4.57 Å². The molecular weight excluding hydrogens is 512 g/mol. The zero-order valence-electron chi connectivity index (χ0n) is 21.5. The first kappa shape index (κ1) is 27.3. The third-order valence-electron chi connectivity index (χ3n) is 6.38. The minimum atomic E-state index is -4.05. The van der Waals surface area contributed by atoms with Gasteiger partial charge in [0.25, 0.3) is 15.8 Å². The van der Waals surface area contributed by atoms with Crippen molar-refractivity contribution in [2.75, 3.05) is 22.7 Å². The van der Waals surface area contributed by atoms with Crippen molar-refractivity contribution in [1.82, 2.24) is 18.7 Å². The summed E-state index contributed by atoms with van der Waals surface area (Å²) < 4.78 is 28.7. The fourth-order valence-corrected chi connectivity index (χ4v) is 4.99. The summed E-state index contributed by atoms with van der Waals surface area (Å²) in [4.78, 5) is 46.7. The normalized spacial score (nSPS) is 16.0. The predicted molar refractivity (Wildman–Crippen MR) is 146 cm³/mol. The largest absolute Gasteiger partial charge is 0.341 e. The number of imidazole rings is 1. The molecular formula is C24H32N8O5S. The fourth-order valence-electron chi connectivity index (χ4n) is 4.53. The van der Waals surface area contributed by atoms with Gasteiger partial charge in [-0.2, -0.15) is 13.4 Å². The molecule has 3 aromatic rings. The molecule has 14 heteroatoms. The highest BCUT2D eigenvalue weighted by atomic mass is 32.2. The molecule has 2 aromatic heterocycles. The maximum atomic E-state index is 13.7. The molecule has 5 N–H and O–H groups in total. The highest BCUT2D eigenvalue weighted by Crippen LogP contribution is 2.23. The number of piperidine rings is 1. The second-order valence-corrected chi connectivity index (χ2v) is 11.0. The van der Waals surface area contributed by atoms with Crippen LogP contribution in [0.5, 0.6) is 0 Å². The number of hydrogen-bond donors (Lipinski definition) is 3. The Hall–Kier alpha value is -3.75. The molecule has 0 amide bonds. The Labute approximate surface area is 219 Å². The van der Waals surface area contributed by atoms with E-state index >= 15 is 0 Å². The number of Topliss-reactive ketones (excluding diaryl/α,β-unsaturated/α-hetero) is 1.